The molecular weight excluding hydrogens is 290 g/mol. The molecular formula is C14H14ClN5O. The minimum absolute atomic E-state index is 0.200. The van der Waals surface area contributed by atoms with Crippen LogP contribution in [-0.4, -0.2) is 24.9 Å². The van der Waals surface area contributed by atoms with Crippen molar-refractivity contribution < 1.29 is 5.11 Å². The van der Waals surface area contributed by atoms with E-state index in [9.17, 15) is 5.11 Å². The van der Waals surface area contributed by atoms with Crippen LogP contribution in [0, 0.1) is 6.92 Å². The molecule has 21 heavy (non-hydrogen) atoms. The molecule has 0 saturated carbocycles. The fourth-order valence-corrected chi connectivity index (χ4v) is 2.48. The Bertz CT molecular complexity index is 814. The first-order valence-electron chi connectivity index (χ1n) is 6.41. The van der Waals surface area contributed by atoms with Crippen molar-refractivity contribution in [3.05, 3.63) is 41.2 Å². The molecule has 0 radical (unpaired) electrons. The summed E-state index contributed by atoms with van der Waals surface area (Å²) in [5, 5.41) is 14.4. The minimum atomic E-state index is 0.200. The van der Waals surface area contributed by atoms with E-state index >= 15 is 0 Å². The molecule has 108 valence electrons. The molecule has 0 unspecified atom stereocenters. The third-order valence-corrected chi connectivity index (χ3v) is 3.61. The van der Waals surface area contributed by atoms with Crippen molar-refractivity contribution in [2.24, 2.45) is 0 Å². The smallest absolute Gasteiger partial charge is 0.220 e. The fourth-order valence-electron chi connectivity index (χ4n) is 2.31. The molecule has 2 aromatic heterocycles. The maximum absolute atomic E-state index is 10.1. The number of hydrogen-bond donors (Lipinski definition) is 2. The van der Waals surface area contributed by atoms with Crippen LogP contribution in [0.5, 0.6) is 5.75 Å². The summed E-state index contributed by atoms with van der Waals surface area (Å²) >= 11 is 5.75. The number of alkyl halides is 1. The predicted molar refractivity (Wildman–Crippen MR) is 81.2 cm³/mol. The van der Waals surface area contributed by atoms with Crippen LogP contribution in [0.25, 0.3) is 11.0 Å². The molecule has 0 saturated heterocycles. The van der Waals surface area contributed by atoms with Crippen LogP contribution >= 0.6 is 11.6 Å². The zero-order chi connectivity index (χ0) is 15.0. The summed E-state index contributed by atoms with van der Waals surface area (Å²) < 4.78 is 1.75. The molecule has 0 amide bonds. The number of nitrogen functional groups attached to an aromatic ring is 1. The predicted octanol–water partition coefficient (Wildman–Crippen LogP) is 2.21. The van der Waals surface area contributed by atoms with Gasteiger partial charge in [0, 0.05) is 11.4 Å². The highest BCUT2D eigenvalue weighted by Crippen LogP contribution is 2.23. The van der Waals surface area contributed by atoms with E-state index in [1.54, 1.807) is 16.9 Å². The van der Waals surface area contributed by atoms with Gasteiger partial charge in [0.1, 0.15) is 16.8 Å². The molecule has 0 fully saturated rings. The lowest BCUT2D eigenvalue weighted by Crippen LogP contribution is -2.05. The van der Waals surface area contributed by atoms with Gasteiger partial charge in [-0.3, -0.25) is 4.68 Å². The van der Waals surface area contributed by atoms with Crippen molar-refractivity contribution in [2.75, 3.05) is 5.73 Å². The van der Waals surface area contributed by atoms with E-state index in [2.05, 4.69) is 15.1 Å². The van der Waals surface area contributed by atoms with Crippen molar-refractivity contribution in [3.8, 4) is 5.75 Å². The summed E-state index contributed by atoms with van der Waals surface area (Å²) in [5.74, 6) is 0.796. The number of rotatable bonds is 3. The van der Waals surface area contributed by atoms with Gasteiger partial charge in [-0.15, -0.1) is 11.6 Å². The lowest BCUT2D eigenvalue weighted by Gasteiger charge is -2.08. The molecule has 0 spiro atoms. The van der Waals surface area contributed by atoms with Gasteiger partial charge in [-0.05, 0) is 18.6 Å². The van der Waals surface area contributed by atoms with E-state index < -0.39 is 0 Å². The Morgan fingerprint density at radius 2 is 2.14 bits per heavy atom. The normalized spacial score (nSPS) is 11.1. The third kappa shape index (κ3) is 2.50. The van der Waals surface area contributed by atoms with Crippen LogP contribution in [0.1, 0.15) is 16.8 Å². The van der Waals surface area contributed by atoms with E-state index in [-0.39, 0.29) is 11.7 Å². The molecule has 2 heterocycles. The summed E-state index contributed by atoms with van der Waals surface area (Å²) in [5.41, 5.74) is 9.51. The van der Waals surface area contributed by atoms with E-state index in [0.29, 0.717) is 17.9 Å². The third-order valence-electron chi connectivity index (χ3n) is 3.30. The standard InChI is InChI=1S/C14H14ClN5O/c1-8-13-11(19-14(16)18-8)6-17-20(13)7-10-3-2-9(5-15)4-12(10)21/h2-4,6,21H,5,7H2,1H3,(H2,16,18,19). The average molecular weight is 304 g/mol. The van der Waals surface area contributed by atoms with E-state index in [4.69, 9.17) is 17.3 Å². The number of nitrogens with zero attached hydrogens (tertiary/aromatic N) is 4. The Balaban J connectivity index is 2.02. The van der Waals surface area contributed by atoms with Crippen molar-refractivity contribution in [2.45, 2.75) is 19.3 Å². The highest BCUT2D eigenvalue weighted by atomic mass is 35.5. The first kappa shape index (κ1) is 13.6. The summed E-state index contributed by atoms with van der Waals surface area (Å²) in [6, 6.07) is 5.39. The second kappa shape index (κ2) is 5.21. The van der Waals surface area contributed by atoms with Gasteiger partial charge in [0.25, 0.3) is 0 Å². The zero-order valence-electron chi connectivity index (χ0n) is 11.4. The number of halogens is 1. The van der Waals surface area contributed by atoms with Crippen molar-refractivity contribution in [1.29, 1.82) is 0 Å². The Morgan fingerprint density at radius 3 is 2.86 bits per heavy atom. The van der Waals surface area contributed by atoms with E-state index in [1.165, 1.54) is 0 Å². The van der Waals surface area contributed by atoms with Crippen LogP contribution in [0.15, 0.2) is 24.4 Å². The van der Waals surface area contributed by atoms with Crippen LogP contribution in [0.4, 0.5) is 5.95 Å². The number of fused-ring (bicyclic) bond motifs is 1. The molecule has 0 aliphatic rings. The summed E-state index contributed by atoms with van der Waals surface area (Å²) in [6.45, 7) is 2.28. The quantitative estimate of drug-likeness (QED) is 0.724. The highest BCUT2D eigenvalue weighted by molar-refractivity contribution is 6.17. The number of hydrogen-bond acceptors (Lipinski definition) is 5. The summed E-state index contributed by atoms with van der Waals surface area (Å²) in [7, 11) is 0. The van der Waals surface area contributed by atoms with Gasteiger partial charge in [0.2, 0.25) is 5.95 Å². The first-order chi connectivity index (χ1) is 10.1. The largest absolute Gasteiger partial charge is 0.508 e. The molecule has 0 bridgehead atoms. The lowest BCUT2D eigenvalue weighted by atomic mass is 10.1. The van der Waals surface area contributed by atoms with Crippen LogP contribution in [0.3, 0.4) is 0 Å². The zero-order valence-corrected chi connectivity index (χ0v) is 12.2. The highest BCUT2D eigenvalue weighted by Gasteiger charge is 2.11. The average Bonchev–Trinajstić information content (AvgIpc) is 2.84. The summed E-state index contributed by atoms with van der Waals surface area (Å²) in [4.78, 5) is 8.30. The Hall–Kier alpha value is -2.34. The lowest BCUT2D eigenvalue weighted by molar-refractivity contribution is 0.464. The molecule has 3 rings (SSSR count). The van der Waals surface area contributed by atoms with E-state index in [1.807, 2.05) is 19.1 Å². The molecule has 7 heteroatoms. The second-order valence-corrected chi connectivity index (χ2v) is 5.07. The number of anilines is 1. The number of phenolic OH excluding ortho intramolecular Hbond substituents is 1. The Kier molecular flexibility index (Phi) is 3.39. The molecule has 3 N–H and O–H groups in total. The fraction of sp³-hybridized carbons (Fsp3) is 0.214. The maximum atomic E-state index is 10.1. The molecule has 3 aromatic rings. The number of benzene rings is 1. The number of nitrogens with two attached hydrogens (primary N) is 1. The minimum Gasteiger partial charge on any atom is -0.508 e. The SMILES string of the molecule is Cc1nc(N)nc2cnn(Cc3ccc(CCl)cc3O)c12. The van der Waals surface area contributed by atoms with Crippen molar-refractivity contribution in [1.82, 2.24) is 19.7 Å². The topological polar surface area (TPSA) is 89.9 Å². The van der Waals surface area contributed by atoms with Gasteiger partial charge < -0.3 is 10.8 Å². The number of phenols is 1. The maximum Gasteiger partial charge on any atom is 0.220 e. The summed E-state index contributed by atoms with van der Waals surface area (Å²) in [6.07, 6.45) is 1.64. The van der Waals surface area contributed by atoms with Gasteiger partial charge in [0.15, 0.2) is 0 Å². The monoisotopic (exact) mass is 303 g/mol. The molecule has 1 aromatic carbocycles. The molecule has 0 atom stereocenters. The second-order valence-electron chi connectivity index (χ2n) is 4.80. The molecule has 6 nitrogen and oxygen atoms in total. The van der Waals surface area contributed by atoms with E-state index in [0.717, 1.165) is 22.3 Å². The number of aromatic nitrogens is 4. The molecule has 0 aliphatic heterocycles. The Morgan fingerprint density at radius 1 is 1.33 bits per heavy atom. The van der Waals surface area contributed by atoms with Crippen molar-refractivity contribution >= 4 is 28.6 Å². The van der Waals surface area contributed by atoms with Gasteiger partial charge in [-0.1, -0.05) is 12.1 Å². The number of aromatic hydroxyl groups is 1. The molecule has 0 aliphatic carbocycles. The van der Waals surface area contributed by atoms with Crippen LogP contribution < -0.4 is 5.73 Å². The number of aryl methyl sites for hydroxylation is 1. The van der Waals surface area contributed by atoms with Gasteiger partial charge in [-0.2, -0.15) is 5.10 Å². The van der Waals surface area contributed by atoms with Gasteiger partial charge in [-0.25, -0.2) is 9.97 Å². The van der Waals surface area contributed by atoms with Gasteiger partial charge >= 0.3 is 0 Å². The van der Waals surface area contributed by atoms with Crippen LogP contribution in [0.2, 0.25) is 0 Å². The Labute approximate surface area is 126 Å². The van der Waals surface area contributed by atoms with Crippen molar-refractivity contribution in [3.63, 3.8) is 0 Å². The van der Waals surface area contributed by atoms with Gasteiger partial charge in [0.05, 0.1) is 18.4 Å². The first-order valence-corrected chi connectivity index (χ1v) is 6.94. The van der Waals surface area contributed by atoms with Crippen LogP contribution in [-0.2, 0) is 12.4 Å².